The molecule has 1 amide bonds. The summed E-state index contributed by atoms with van der Waals surface area (Å²) < 4.78 is 25.2. The fraction of sp³-hybridized carbons (Fsp3) is 0.200. The molecule has 0 bridgehead atoms. The van der Waals surface area contributed by atoms with Gasteiger partial charge < -0.3 is 5.32 Å². The van der Waals surface area contributed by atoms with Crippen molar-refractivity contribution in [3.63, 3.8) is 0 Å². The minimum atomic E-state index is -3.42. The molecule has 0 spiro atoms. The topological polar surface area (TPSA) is 81.1 Å². The van der Waals surface area contributed by atoms with E-state index in [1.807, 2.05) is 30.3 Å². The van der Waals surface area contributed by atoms with E-state index in [4.69, 9.17) is 11.6 Å². The summed E-state index contributed by atoms with van der Waals surface area (Å²) in [5.74, 6) is -0.0236. The van der Waals surface area contributed by atoms with Gasteiger partial charge in [0.15, 0.2) is 9.84 Å². The number of amides is 1. The molecule has 4 rings (SSSR count). The van der Waals surface area contributed by atoms with Crippen LogP contribution in [-0.4, -0.2) is 30.4 Å². The third-order valence-electron chi connectivity index (χ3n) is 4.57. The van der Waals surface area contributed by atoms with Crippen molar-refractivity contribution < 1.29 is 13.2 Å². The Morgan fingerprint density at radius 2 is 1.86 bits per heavy atom. The summed E-state index contributed by atoms with van der Waals surface area (Å²) >= 11 is 6.17. The first kappa shape index (κ1) is 18.7. The Kier molecular flexibility index (Phi) is 4.72. The van der Waals surface area contributed by atoms with Gasteiger partial charge in [0, 0.05) is 12.2 Å². The van der Waals surface area contributed by atoms with Gasteiger partial charge in [-0.05, 0) is 49.2 Å². The van der Waals surface area contributed by atoms with Crippen molar-refractivity contribution in [1.82, 2.24) is 9.78 Å². The molecule has 2 aromatic carbocycles. The van der Waals surface area contributed by atoms with Crippen LogP contribution >= 0.6 is 11.6 Å². The lowest BCUT2D eigenvalue weighted by Crippen LogP contribution is -2.17. The fourth-order valence-electron chi connectivity index (χ4n) is 2.92. The van der Waals surface area contributed by atoms with Crippen LogP contribution in [0.5, 0.6) is 0 Å². The summed E-state index contributed by atoms with van der Waals surface area (Å²) in [6, 6.07) is 15.4. The summed E-state index contributed by atoms with van der Waals surface area (Å²) in [4.78, 5) is 13.1. The van der Waals surface area contributed by atoms with Crippen LogP contribution in [0.15, 0.2) is 59.5 Å². The van der Waals surface area contributed by atoms with E-state index in [1.165, 1.54) is 18.2 Å². The number of anilines is 1. The summed E-state index contributed by atoms with van der Waals surface area (Å²) in [5.41, 5.74) is 2.26. The number of rotatable bonds is 5. The summed E-state index contributed by atoms with van der Waals surface area (Å²) in [6.07, 6.45) is 3.23. The second-order valence-corrected chi connectivity index (χ2v) is 9.27. The van der Waals surface area contributed by atoms with Crippen LogP contribution in [-0.2, 0) is 9.84 Å². The molecule has 1 N–H and O–H groups in total. The molecule has 6 nitrogen and oxygen atoms in total. The number of carbonyl (C=O) groups excluding carboxylic acids is 1. The van der Waals surface area contributed by atoms with E-state index in [1.54, 1.807) is 10.7 Å². The summed E-state index contributed by atoms with van der Waals surface area (Å²) in [6.45, 7) is 0. The fourth-order valence-corrected chi connectivity index (χ4v) is 3.73. The zero-order valence-corrected chi connectivity index (χ0v) is 16.7. The van der Waals surface area contributed by atoms with Gasteiger partial charge >= 0.3 is 0 Å². The maximum atomic E-state index is 13.0. The van der Waals surface area contributed by atoms with E-state index in [2.05, 4.69) is 10.4 Å². The number of halogens is 1. The molecular formula is C20H18ClN3O3S. The predicted octanol–water partition coefficient (Wildman–Crippen LogP) is 4.06. The Balaban J connectivity index is 1.71. The molecule has 1 fully saturated rings. The molecule has 1 aliphatic rings. The monoisotopic (exact) mass is 415 g/mol. The van der Waals surface area contributed by atoms with Crippen LogP contribution in [0.4, 0.5) is 5.69 Å². The molecule has 8 heteroatoms. The van der Waals surface area contributed by atoms with Crippen LogP contribution in [0.1, 0.15) is 34.9 Å². The molecule has 1 heterocycles. The minimum absolute atomic E-state index is 0.0856. The lowest BCUT2D eigenvalue weighted by atomic mass is 10.2. The van der Waals surface area contributed by atoms with E-state index in [9.17, 15) is 13.2 Å². The van der Waals surface area contributed by atoms with Gasteiger partial charge in [-0.2, -0.15) is 5.10 Å². The first-order chi connectivity index (χ1) is 13.3. The smallest absolute Gasteiger partial charge is 0.274 e. The summed E-state index contributed by atoms with van der Waals surface area (Å²) in [7, 11) is -3.42. The molecule has 144 valence electrons. The number of nitrogens with zero attached hydrogens (tertiary/aromatic N) is 2. The van der Waals surface area contributed by atoms with Crippen molar-refractivity contribution in [3.05, 3.63) is 71.0 Å². The average Bonchev–Trinajstić information content (AvgIpc) is 3.41. The van der Waals surface area contributed by atoms with Crippen LogP contribution in [0.2, 0.25) is 5.02 Å². The number of hydrogen-bond acceptors (Lipinski definition) is 4. The number of benzene rings is 2. The maximum absolute atomic E-state index is 13.0. The number of carbonyl (C=O) groups is 1. The van der Waals surface area contributed by atoms with Crippen LogP contribution in [0.3, 0.4) is 0 Å². The van der Waals surface area contributed by atoms with E-state index in [0.717, 1.165) is 30.5 Å². The molecule has 0 radical (unpaired) electrons. The first-order valence-corrected chi connectivity index (χ1v) is 11.1. The zero-order chi connectivity index (χ0) is 19.9. The van der Waals surface area contributed by atoms with Crippen molar-refractivity contribution in [1.29, 1.82) is 0 Å². The SMILES string of the molecule is CS(=O)(=O)c1ccc(Cl)c(NC(=O)c2cc(C3CC3)nn2-c2ccccc2)c1. The van der Waals surface area contributed by atoms with E-state index < -0.39 is 15.7 Å². The number of nitrogens with one attached hydrogen (secondary N) is 1. The molecule has 0 aliphatic heterocycles. The number of aromatic nitrogens is 2. The molecule has 3 aromatic rings. The molecule has 1 aliphatic carbocycles. The highest BCUT2D eigenvalue weighted by Crippen LogP contribution is 2.40. The average molecular weight is 416 g/mol. The molecule has 1 saturated carbocycles. The van der Waals surface area contributed by atoms with Crippen LogP contribution in [0.25, 0.3) is 5.69 Å². The molecule has 0 unspecified atom stereocenters. The Hall–Kier alpha value is -2.64. The van der Waals surface area contributed by atoms with Crippen molar-refractivity contribution >= 4 is 33.0 Å². The standard InChI is InChI=1S/C20H18ClN3O3S/c1-28(26,27)15-9-10-16(21)18(11-15)22-20(25)19-12-17(13-7-8-13)23-24(19)14-5-3-2-4-6-14/h2-6,9-13H,7-8H2,1H3,(H,22,25). The van der Waals surface area contributed by atoms with Crippen molar-refractivity contribution in [2.75, 3.05) is 11.6 Å². The van der Waals surface area contributed by atoms with Gasteiger partial charge in [-0.25, -0.2) is 13.1 Å². The van der Waals surface area contributed by atoms with Gasteiger partial charge in [0.1, 0.15) is 5.69 Å². The maximum Gasteiger partial charge on any atom is 0.274 e. The highest BCUT2D eigenvalue weighted by molar-refractivity contribution is 7.90. The largest absolute Gasteiger partial charge is 0.319 e. The highest BCUT2D eigenvalue weighted by atomic mass is 35.5. The highest BCUT2D eigenvalue weighted by Gasteiger charge is 2.29. The lowest BCUT2D eigenvalue weighted by molar-refractivity contribution is 0.101. The van der Waals surface area contributed by atoms with E-state index in [-0.39, 0.29) is 15.6 Å². The Bertz CT molecular complexity index is 1150. The summed E-state index contributed by atoms with van der Waals surface area (Å²) in [5, 5.41) is 7.60. The Labute approximate surface area is 168 Å². The Morgan fingerprint density at radius 3 is 2.50 bits per heavy atom. The predicted molar refractivity (Wildman–Crippen MR) is 108 cm³/mol. The van der Waals surface area contributed by atoms with Gasteiger partial charge in [0.2, 0.25) is 0 Å². The molecule has 28 heavy (non-hydrogen) atoms. The second kappa shape index (κ2) is 7.07. The van der Waals surface area contributed by atoms with Gasteiger partial charge in [-0.15, -0.1) is 0 Å². The number of hydrogen-bond donors (Lipinski definition) is 1. The normalized spacial score (nSPS) is 14.1. The molecule has 1 aromatic heterocycles. The number of sulfone groups is 1. The number of para-hydroxylation sites is 1. The third-order valence-corrected chi connectivity index (χ3v) is 6.01. The third kappa shape index (κ3) is 3.81. The second-order valence-electron chi connectivity index (χ2n) is 6.84. The van der Waals surface area contributed by atoms with Gasteiger partial charge in [-0.1, -0.05) is 29.8 Å². The first-order valence-electron chi connectivity index (χ1n) is 8.79. The van der Waals surface area contributed by atoms with Crippen LogP contribution in [0, 0.1) is 0 Å². The quantitative estimate of drug-likeness (QED) is 0.681. The lowest BCUT2D eigenvalue weighted by Gasteiger charge is -2.10. The Morgan fingerprint density at radius 1 is 1.14 bits per heavy atom. The van der Waals surface area contributed by atoms with Gasteiger partial charge in [0.25, 0.3) is 5.91 Å². The van der Waals surface area contributed by atoms with Crippen molar-refractivity contribution in [2.24, 2.45) is 0 Å². The van der Waals surface area contributed by atoms with Gasteiger partial charge in [0.05, 0.1) is 27.0 Å². The van der Waals surface area contributed by atoms with E-state index in [0.29, 0.717) is 11.6 Å². The van der Waals surface area contributed by atoms with Gasteiger partial charge in [-0.3, -0.25) is 4.79 Å². The molecule has 0 saturated heterocycles. The van der Waals surface area contributed by atoms with Crippen molar-refractivity contribution in [3.8, 4) is 5.69 Å². The van der Waals surface area contributed by atoms with Crippen LogP contribution < -0.4 is 5.32 Å². The van der Waals surface area contributed by atoms with E-state index >= 15 is 0 Å². The molecular weight excluding hydrogens is 398 g/mol. The molecule has 0 atom stereocenters. The zero-order valence-electron chi connectivity index (χ0n) is 15.1. The minimum Gasteiger partial charge on any atom is -0.319 e. The van der Waals surface area contributed by atoms with Crippen molar-refractivity contribution in [2.45, 2.75) is 23.7 Å².